The normalized spacial score (nSPS) is 10.4. The van der Waals surface area contributed by atoms with Crippen LogP contribution < -0.4 is 4.74 Å². The average molecular weight is 343 g/mol. The highest BCUT2D eigenvalue weighted by Crippen LogP contribution is 2.30. The first-order valence-corrected chi connectivity index (χ1v) is 6.62. The molecule has 1 heterocycles. The lowest BCUT2D eigenvalue weighted by atomic mass is 10.2. The molecule has 0 aliphatic rings. The van der Waals surface area contributed by atoms with Crippen LogP contribution in [0.15, 0.2) is 29.0 Å². The van der Waals surface area contributed by atoms with E-state index < -0.39 is 11.8 Å². The molecule has 7 heteroatoms. The summed E-state index contributed by atoms with van der Waals surface area (Å²) >= 11 is 3.10. The van der Waals surface area contributed by atoms with E-state index in [0.29, 0.717) is 5.75 Å². The smallest absolute Gasteiger partial charge is 0.341 e. The SMILES string of the molecule is CCOC(=O)c1cnn(-c2c(OC)ccc(Br)c2F)c1. The largest absolute Gasteiger partial charge is 0.494 e. The van der Waals surface area contributed by atoms with Crippen LogP contribution in [0.3, 0.4) is 0 Å². The van der Waals surface area contributed by atoms with E-state index in [-0.39, 0.29) is 22.3 Å². The molecule has 0 aliphatic heterocycles. The van der Waals surface area contributed by atoms with Gasteiger partial charge in [-0.3, -0.25) is 0 Å². The third kappa shape index (κ3) is 2.67. The van der Waals surface area contributed by atoms with Gasteiger partial charge in [-0.25, -0.2) is 13.9 Å². The first-order chi connectivity index (χ1) is 9.58. The Labute approximate surface area is 123 Å². The Kier molecular flexibility index (Phi) is 4.39. The molecule has 2 aromatic rings. The average Bonchev–Trinajstić information content (AvgIpc) is 2.91. The molecule has 0 aliphatic carbocycles. The van der Waals surface area contributed by atoms with Crippen molar-refractivity contribution in [1.29, 1.82) is 0 Å². The van der Waals surface area contributed by atoms with Crippen LogP contribution in [0.4, 0.5) is 4.39 Å². The van der Waals surface area contributed by atoms with E-state index in [0.717, 1.165) is 0 Å². The van der Waals surface area contributed by atoms with Gasteiger partial charge in [0.05, 0.1) is 29.9 Å². The van der Waals surface area contributed by atoms with Crippen LogP contribution in [0.25, 0.3) is 5.69 Å². The van der Waals surface area contributed by atoms with Gasteiger partial charge in [-0.1, -0.05) is 0 Å². The van der Waals surface area contributed by atoms with Gasteiger partial charge >= 0.3 is 5.97 Å². The molecule has 0 spiro atoms. The molecule has 1 aromatic carbocycles. The van der Waals surface area contributed by atoms with Gasteiger partial charge in [-0.05, 0) is 35.0 Å². The van der Waals surface area contributed by atoms with Gasteiger partial charge < -0.3 is 9.47 Å². The van der Waals surface area contributed by atoms with E-state index in [4.69, 9.17) is 9.47 Å². The number of nitrogens with zero attached hydrogens (tertiary/aromatic N) is 2. The van der Waals surface area contributed by atoms with Crippen LogP contribution in [0, 0.1) is 5.82 Å². The van der Waals surface area contributed by atoms with Crippen LogP contribution in [-0.2, 0) is 4.74 Å². The van der Waals surface area contributed by atoms with E-state index in [1.807, 2.05) is 0 Å². The van der Waals surface area contributed by atoms with Gasteiger partial charge in [0, 0.05) is 6.20 Å². The summed E-state index contributed by atoms with van der Waals surface area (Å²) in [4.78, 5) is 11.6. The topological polar surface area (TPSA) is 53.3 Å². The second kappa shape index (κ2) is 6.04. The van der Waals surface area contributed by atoms with Crippen LogP contribution in [-0.4, -0.2) is 29.5 Å². The van der Waals surface area contributed by atoms with Gasteiger partial charge in [0.1, 0.15) is 11.4 Å². The predicted molar refractivity (Wildman–Crippen MR) is 73.7 cm³/mol. The Hall–Kier alpha value is -1.89. The van der Waals surface area contributed by atoms with Crippen molar-refractivity contribution in [3.8, 4) is 11.4 Å². The molecule has 0 amide bonds. The number of benzene rings is 1. The zero-order valence-corrected chi connectivity index (χ0v) is 12.5. The van der Waals surface area contributed by atoms with E-state index >= 15 is 0 Å². The third-order valence-corrected chi connectivity index (χ3v) is 3.19. The fourth-order valence-electron chi connectivity index (χ4n) is 1.67. The van der Waals surface area contributed by atoms with Crippen molar-refractivity contribution in [1.82, 2.24) is 9.78 Å². The number of methoxy groups -OCH3 is 1. The number of rotatable bonds is 4. The van der Waals surface area contributed by atoms with Gasteiger partial charge in [0.15, 0.2) is 5.82 Å². The maximum absolute atomic E-state index is 14.2. The van der Waals surface area contributed by atoms with Crippen molar-refractivity contribution in [3.63, 3.8) is 0 Å². The predicted octanol–water partition coefficient (Wildman–Crippen LogP) is 2.96. The summed E-state index contributed by atoms with van der Waals surface area (Å²) in [5, 5.41) is 3.98. The zero-order valence-electron chi connectivity index (χ0n) is 10.9. The maximum atomic E-state index is 14.2. The summed E-state index contributed by atoms with van der Waals surface area (Å²) in [6, 6.07) is 3.14. The molecule has 5 nitrogen and oxygen atoms in total. The molecule has 0 fully saturated rings. The standard InChI is InChI=1S/C13H12BrFN2O3/c1-3-20-13(18)8-6-16-17(7-8)12-10(19-2)5-4-9(14)11(12)15/h4-7H,3H2,1-2H3. The third-order valence-electron chi connectivity index (χ3n) is 2.57. The Morgan fingerprint density at radius 2 is 2.25 bits per heavy atom. The number of hydrogen-bond acceptors (Lipinski definition) is 4. The molecular weight excluding hydrogens is 331 g/mol. The van der Waals surface area contributed by atoms with Crippen LogP contribution in [0.1, 0.15) is 17.3 Å². The van der Waals surface area contributed by atoms with Crippen molar-refractivity contribution in [3.05, 3.63) is 40.4 Å². The molecule has 0 bridgehead atoms. The second-order valence-corrected chi connectivity index (χ2v) is 4.66. The number of aromatic nitrogens is 2. The highest BCUT2D eigenvalue weighted by Gasteiger charge is 2.18. The molecule has 20 heavy (non-hydrogen) atoms. The van der Waals surface area contributed by atoms with Crippen molar-refractivity contribution in [2.24, 2.45) is 0 Å². The highest BCUT2D eigenvalue weighted by molar-refractivity contribution is 9.10. The van der Waals surface area contributed by atoms with Gasteiger partial charge in [0.25, 0.3) is 0 Å². The van der Waals surface area contributed by atoms with Crippen LogP contribution >= 0.6 is 15.9 Å². The minimum atomic E-state index is -0.525. The summed E-state index contributed by atoms with van der Waals surface area (Å²) in [6.07, 6.45) is 2.71. The molecule has 0 radical (unpaired) electrons. The zero-order chi connectivity index (χ0) is 14.7. The van der Waals surface area contributed by atoms with E-state index in [2.05, 4.69) is 21.0 Å². The highest BCUT2D eigenvalue weighted by atomic mass is 79.9. The Morgan fingerprint density at radius 1 is 1.50 bits per heavy atom. The molecular formula is C13H12BrFN2O3. The fourth-order valence-corrected chi connectivity index (χ4v) is 1.99. The first-order valence-electron chi connectivity index (χ1n) is 5.82. The molecule has 0 atom stereocenters. The lowest BCUT2D eigenvalue weighted by molar-refractivity contribution is 0.0526. The summed E-state index contributed by atoms with van der Waals surface area (Å²) in [6.45, 7) is 1.97. The summed E-state index contributed by atoms with van der Waals surface area (Å²) in [5.74, 6) is -0.722. The fraction of sp³-hybridized carbons (Fsp3) is 0.231. The van der Waals surface area contributed by atoms with E-state index in [1.54, 1.807) is 13.0 Å². The molecule has 0 saturated heterocycles. The van der Waals surface area contributed by atoms with Crippen molar-refractivity contribution in [2.75, 3.05) is 13.7 Å². The summed E-state index contributed by atoms with van der Waals surface area (Å²) in [5.41, 5.74) is 0.366. The minimum absolute atomic E-state index is 0.123. The molecule has 106 valence electrons. The Balaban J connectivity index is 2.47. The van der Waals surface area contributed by atoms with E-state index in [9.17, 15) is 9.18 Å². The van der Waals surface area contributed by atoms with Crippen molar-refractivity contribution >= 4 is 21.9 Å². The summed E-state index contributed by atoms with van der Waals surface area (Å²) < 4.78 is 25.7. The van der Waals surface area contributed by atoms with Crippen LogP contribution in [0.5, 0.6) is 5.75 Å². The molecule has 2 rings (SSSR count). The van der Waals surface area contributed by atoms with Gasteiger partial charge in [0.2, 0.25) is 0 Å². The molecule has 0 unspecified atom stereocenters. The lowest BCUT2D eigenvalue weighted by Gasteiger charge is -2.10. The minimum Gasteiger partial charge on any atom is -0.494 e. The summed E-state index contributed by atoms with van der Waals surface area (Å²) in [7, 11) is 1.43. The quantitative estimate of drug-likeness (QED) is 0.801. The van der Waals surface area contributed by atoms with Crippen molar-refractivity contribution in [2.45, 2.75) is 6.92 Å². The number of carbonyl (C=O) groups excluding carboxylic acids is 1. The van der Waals surface area contributed by atoms with Gasteiger partial charge in [-0.2, -0.15) is 5.10 Å². The Morgan fingerprint density at radius 3 is 2.90 bits per heavy atom. The molecule has 1 aromatic heterocycles. The second-order valence-electron chi connectivity index (χ2n) is 3.81. The lowest BCUT2D eigenvalue weighted by Crippen LogP contribution is -2.04. The monoisotopic (exact) mass is 342 g/mol. The number of halogens is 2. The molecule has 0 N–H and O–H groups in total. The van der Waals surface area contributed by atoms with Crippen molar-refractivity contribution < 1.29 is 18.7 Å². The van der Waals surface area contributed by atoms with Gasteiger partial charge in [-0.15, -0.1) is 0 Å². The number of hydrogen-bond donors (Lipinski definition) is 0. The number of carbonyl (C=O) groups is 1. The van der Waals surface area contributed by atoms with Crippen LogP contribution in [0.2, 0.25) is 0 Å². The van der Waals surface area contributed by atoms with E-state index in [1.165, 1.54) is 30.3 Å². The number of ether oxygens (including phenoxy) is 2. The Bertz CT molecular complexity index is 643. The molecule has 0 saturated carbocycles. The first kappa shape index (κ1) is 14.5. The maximum Gasteiger partial charge on any atom is 0.341 e. The number of esters is 1.